The number of likely N-dealkylation sites (tertiary alicyclic amines) is 1. The number of aryl methyl sites for hydroxylation is 1. The zero-order valence-corrected chi connectivity index (χ0v) is 11.6. The first-order valence-corrected chi connectivity index (χ1v) is 6.85. The van der Waals surface area contributed by atoms with Gasteiger partial charge < -0.3 is 15.3 Å². The van der Waals surface area contributed by atoms with Gasteiger partial charge in [-0.3, -0.25) is 4.79 Å². The van der Waals surface area contributed by atoms with E-state index >= 15 is 0 Å². The van der Waals surface area contributed by atoms with Gasteiger partial charge in [0.2, 0.25) is 0 Å². The van der Waals surface area contributed by atoms with Crippen molar-refractivity contribution < 1.29 is 9.90 Å². The van der Waals surface area contributed by atoms with Crippen LogP contribution in [-0.4, -0.2) is 42.6 Å². The third kappa shape index (κ3) is 3.26. The van der Waals surface area contributed by atoms with Gasteiger partial charge in [-0.25, -0.2) is 0 Å². The number of benzene rings is 1. The number of hydrogen-bond acceptors (Lipinski definition) is 3. The Bertz CT molecular complexity index is 451. The van der Waals surface area contributed by atoms with E-state index < -0.39 is 0 Å². The fraction of sp³-hybridized carbons (Fsp3) is 0.533. The van der Waals surface area contributed by atoms with Crippen LogP contribution in [0.3, 0.4) is 0 Å². The number of nitrogens with zero attached hydrogens (tertiary/aromatic N) is 1. The Morgan fingerprint density at radius 1 is 1.42 bits per heavy atom. The largest absolute Gasteiger partial charge is 0.508 e. The van der Waals surface area contributed by atoms with Gasteiger partial charge in [0, 0.05) is 18.7 Å². The zero-order chi connectivity index (χ0) is 13.8. The highest BCUT2D eigenvalue weighted by Crippen LogP contribution is 2.22. The van der Waals surface area contributed by atoms with Crippen LogP contribution in [0.5, 0.6) is 5.75 Å². The lowest BCUT2D eigenvalue weighted by Crippen LogP contribution is -2.40. The molecular weight excluding hydrogens is 240 g/mol. The molecule has 0 aliphatic carbocycles. The number of nitrogens with one attached hydrogen (secondary N) is 1. The molecule has 104 valence electrons. The molecule has 0 spiro atoms. The molecule has 0 radical (unpaired) electrons. The van der Waals surface area contributed by atoms with Crippen LogP contribution in [0.4, 0.5) is 0 Å². The zero-order valence-electron chi connectivity index (χ0n) is 11.6. The summed E-state index contributed by atoms with van der Waals surface area (Å²) in [5, 5.41) is 12.9. The standard InChI is InChI=1S/C15H22N2O2/c1-11-3-4-13(9-14(11)18)15(19)17-7-5-12(6-8-17)10-16-2/h3-4,9,12,16,18H,5-8,10H2,1-2H3. The lowest BCUT2D eigenvalue weighted by Gasteiger charge is -2.32. The third-order valence-electron chi connectivity index (χ3n) is 3.85. The van der Waals surface area contributed by atoms with Crippen molar-refractivity contribution in [2.45, 2.75) is 19.8 Å². The maximum atomic E-state index is 12.3. The first-order valence-electron chi connectivity index (χ1n) is 6.85. The second kappa shape index (κ2) is 6.06. The van der Waals surface area contributed by atoms with E-state index in [0.717, 1.165) is 38.0 Å². The van der Waals surface area contributed by atoms with Crippen molar-refractivity contribution >= 4 is 5.91 Å². The van der Waals surface area contributed by atoms with Gasteiger partial charge in [-0.2, -0.15) is 0 Å². The highest BCUT2D eigenvalue weighted by molar-refractivity contribution is 5.94. The van der Waals surface area contributed by atoms with E-state index in [9.17, 15) is 9.90 Å². The van der Waals surface area contributed by atoms with Gasteiger partial charge in [0.25, 0.3) is 5.91 Å². The summed E-state index contributed by atoms with van der Waals surface area (Å²) in [6.07, 6.45) is 2.09. The van der Waals surface area contributed by atoms with Crippen LogP contribution in [0.2, 0.25) is 0 Å². The fourth-order valence-corrected chi connectivity index (χ4v) is 2.55. The number of carbonyl (C=O) groups excluding carboxylic acids is 1. The summed E-state index contributed by atoms with van der Waals surface area (Å²) in [6, 6.07) is 5.14. The monoisotopic (exact) mass is 262 g/mol. The van der Waals surface area contributed by atoms with Crippen LogP contribution in [0.15, 0.2) is 18.2 Å². The van der Waals surface area contributed by atoms with Crippen LogP contribution >= 0.6 is 0 Å². The molecule has 1 heterocycles. The summed E-state index contributed by atoms with van der Waals surface area (Å²) >= 11 is 0. The quantitative estimate of drug-likeness (QED) is 0.873. The molecule has 0 bridgehead atoms. The molecule has 4 nitrogen and oxygen atoms in total. The second-order valence-electron chi connectivity index (χ2n) is 5.29. The molecule has 1 aromatic carbocycles. The Morgan fingerprint density at radius 2 is 2.11 bits per heavy atom. The van der Waals surface area contributed by atoms with Crippen molar-refractivity contribution in [3.05, 3.63) is 29.3 Å². The van der Waals surface area contributed by atoms with Gasteiger partial charge >= 0.3 is 0 Å². The van der Waals surface area contributed by atoms with E-state index in [1.807, 2.05) is 18.9 Å². The number of phenolic OH excluding ortho intramolecular Hbond substituents is 1. The molecule has 1 aliphatic heterocycles. The van der Waals surface area contributed by atoms with Crippen LogP contribution in [-0.2, 0) is 0 Å². The Hall–Kier alpha value is -1.55. The molecule has 1 fully saturated rings. The van der Waals surface area contributed by atoms with E-state index in [0.29, 0.717) is 11.5 Å². The summed E-state index contributed by atoms with van der Waals surface area (Å²) in [5.41, 5.74) is 1.37. The number of amides is 1. The molecule has 1 aliphatic rings. The predicted molar refractivity (Wildman–Crippen MR) is 75.4 cm³/mol. The minimum Gasteiger partial charge on any atom is -0.508 e. The first-order chi connectivity index (χ1) is 9.11. The molecule has 1 saturated heterocycles. The smallest absolute Gasteiger partial charge is 0.253 e. The number of rotatable bonds is 3. The average molecular weight is 262 g/mol. The van der Waals surface area contributed by atoms with Gasteiger partial charge in [0.15, 0.2) is 0 Å². The predicted octanol–water partition coefficient (Wildman–Crippen LogP) is 1.77. The van der Waals surface area contributed by atoms with Gasteiger partial charge in [0.05, 0.1) is 0 Å². The number of hydrogen-bond donors (Lipinski definition) is 2. The maximum Gasteiger partial charge on any atom is 0.253 e. The van der Waals surface area contributed by atoms with Gasteiger partial charge in [-0.15, -0.1) is 0 Å². The molecule has 0 aromatic heterocycles. The van der Waals surface area contributed by atoms with E-state index in [2.05, 4.69) is 5.32 Å². The van der Waals surface area contributed by atoms with Crippen LogP contribution in [0.1, 0.15) is 28.8 Å². The summed E-state index contributed by atoms with van der Waals surface area (Å²) in [7, 11) is 1.96. The minimum atomic E-state index is 0.0261. The van der Waals surface area contributed by atoms with Crippen molar-refractivity contribution in [2.75, 3.05) is 26.7 Å². The summed E-state index contributed by atoms with van der Waals surface area (Å²) in [6.45, 7) is 4.46. The van der Waals surface area contributed by atoms with Crippen molar-refractivity contribution in [1.29, 1.82) is 0 Å². The molecule has 2 N–H and O–H groups in total. The van der Waals surface area contributed by atoms with E-state index in [1.54, 1.807) is 18.2 Å². The summed E-state index contributed by atoms with van der Waals surface area (Å²) in [4.78, 5) is 14.2. The Balaban J connectivity index is 1.99. The highest BCUT2D eigenvalue weighted by Gasteiger charge is 2.23. The highest BCUT2D eigenvalue weighted by atomic mass is 16.3. The fourth-order valence-electron chi connectivity index (χ4n) is 2.55. The Kier molecular flexibility index (Phi) is 4.43. The van der Waals surface area contributed by atoms with Crippen molar-refractivity contribution in [1.82, 2.24) is 10.2 Å². The molecule has 1 aromatic rings. The number of aromatic hydroxyl groups is 1. The second-order valence-corrected chi connectivity index (χ2v) is 5.29. The van der Waals surface area contributed by atoms with Gasteiger partial charge in [-0.05, 0) is 57.0 Å². The van der Waals surface area contributed by atoms with Gasteiger partial charge in [-0.1, -0.05) is 6.07 Å². The average Bonchev–Trinajstić information content (AvgIpc) is 2.42. The van der Waals surface area contributed by atoms with Crippen molar-refractivity contribution in [3.63, 3.8) is 0 Å². The number of carbonyl (C=O) groups is 1. The minimum absolute atomic E-state index is 0.0261. The normalized spacial score (nSPS) is 16.6. The third-order valence-corrected chi connectivity index (χ3v) is 3.85. The summed E-state index contributed by atoms with van der Waals surface area (Å²) < 4.78 is 0. The molecule has 4 heteroatoms. The molecule has 2 rings (SSSR count). The topological polar surface area (TPSA) is 52.6 Å². The molecular formula is C15H22N2O2. The van der Waals surface area contributed by atoms with Crippen LogP contribution in [0.25, 0.3) is 0 Å². The molecule has 0 saturated carbocycles. The molecule has 0 atom stereocenters. The Labute approximate surface area is 114 Å². The molecule has 1 amide bonds. The molecule has 0 unspecified atom stereocenters. The van der Waals surface area contributed by atoms with Crippen molar-refractivity contribution in [3.8, 4) is 5.75 Å². The summed E-state index contributed by atoms with van der Waals surface area (Å²) in [5.74, 6) is 0.884. The van der Waals surface area contributed by atoms with Gasteiger partial charge in [0.1, 0.15) is 5.75 Å². The van der Waals surface area contributed by atoms with Crippen LogP contribution in [0, 0.1) is 12.8 Å². The van der Waals surface area contributed by atoms with E-state index in [4.69, 9.17) is 0 Å². The maximum absolute atomic E-state index is 12.3. The van der Waals surface area contributed by atoms with Crippen LogP contribution < -0.4 is 5.32 Å². The van der Waals surface area contributed by atoms with Crippen molar-refractivity contribution in [2.24, 2.45) is 5.92 Å². The Morgan fingerprint density at radius 3 is 2.68 bits per heavy atom. The lowest BCUT2D eigenvalue weighted by molar-refractivity contribution is 0.0690. The number of phenols is 1. The molecule has 19 heavy (non-hydrogen) atoms. The number of piperidine rings is 1. The van der Waals surface area contributed by atoms with E-state index in [1.165, 1.54) is 0 Å². The SMILES string of the molecule is CNCC1CCN(C(=O)c2ccc(C)c(O)c2)CC1. The first kappa shape index (κ1) is 13.9. The lowest BCUT2D eigenvalue weighted by atomic mass is 9.96. The van der Waals surface area contributed by atoms with E-state index in [-0.39, 0.29) is 11.7 Å².